The van der Waals surface area contributed by atoms with Crippen molar-refractivity contribution in [3.8, 4) is 11.8 Å². The minimum atomic E-state index is -0.754. The molecule has 0 spiro atoms. The first-order valence-electron chi connectivity index (χ1n) is 10.8. The lowest BCUT2D eigenvalue weighted by molar-refractivity contribution is -0.136. The molecule has 0 aliphatic heterocycles. The number of allylic oxidation sites excluding steroid dienone is 2. The Bertz CT molecular complexity index is 600. The molecule has 0 amide bonds. The van der Waals surface area contributed by atoms with Crippen LogP contribution in [-0.4, -0.2) is 33.5 Å². The molecule has 4 nitrogen and oxygen atoms in total. The second-order valence-electron chi connectivity index (χ2n) is 8.64. The van der Waals surface area contributed by atoms with Crippen LogP contribution in [0.5, 0.6) is 0 Å². The molecule has 0 saturated heterocycles. The Balaban J connectivity index is 1.69. The van der Waals surface area contributed by atoms with E-state index in [-0.39, 0.29) is 18.3 Å². The molecule has 0 heterocycles. The van der Waals surface area contributed by atoms with Crippen molar-refractivity contribution in [2.24, 2.45) is 29.6 Å². The Morgan fingerprint density at radius 2 is 1.96 bits per heavy atom. The molecule has 0 aromatic heterocycles. The van der Waals surface area contributed by atoms with Crippen LogP contribution in [0.2, 0.25) is 0 Å². The van der Waals surface area contributed by atoms with E-state index in [4.69, 9.17) is 5.11 Å². The normalized spacial score (nSPS) is 36.3. The van der Waals surface area contributed by atoms with E-state index in [9.17, 15) is 15.0 Å². The summed E-state index contributed by atoms with van der Waals surface area (Å²) >= 11 is 0. The lowest BCUT2D eigenvalue weighted by Crippen LogP contribution is -2.50. The van der Waals surface area contributed by atoms with Gasteiger partial charge in [-0.15, -0.1) is 0 Å². The largest absolute Gasteiger partial charge is 0.481 e. The summed E-state index contributed by atoms with van der Waals surface area (Å²) in [6, 6.07) is 0. The Hall–Kier alpha value is -1.31. The molecule has 6 atom stereocenters. The van der Waals surface area contributed by atoms with Gasteiger partial charge in [-0.3, -0.25) is 4.79 Å². The van der Waals surface area contributed by atoms with Crippen LogP contribution in [0.15, 0.2) is 11.6 Å². The third-order valence-corrected chi connectivity index (χ3v) is 7.06. The molecule has 3 N–H and O–H groups in total. The molecule has 4 heteroatoms. The number of carboxylic acids is 1. The van der Waals surface area contributed by atoms with Gasteiger partial charge >= 0.3 is 5.97 Å². The SMILES string of the molecule is CCC1C(=CCCC(=O)O)C2CCC(O)C(C#CC(O)C3CCCCC3)C12. The fourth-order valence-electron chi connectivity index (χ4n) is 5.64. The molecular formula is C23H34O4. The number of carboxylic acid groups (broad SMARTS) is 1. The van der Waals surface area contributed by atoms with Crippen molar-refractivity contribution in [3.63, 3.8) is 0 Å². The molecule has 3 saturated carbocycles. The van der Waals surface area contributed by atoms with Gasteiger partial charge in [-0.1, -0.05) is 49.7 Å². The van der Waals surface area contributed by atoms with Crippen LogP contribution < -0.4 is 0 Å². The van der Waals surface area contributed by atoms with E-state index < -0.39 is 18.2 Å². The van der Waals surface area contributed by atoms with Crippen molar-refractivity contribution in [3.05, 3.63) is 11.6 Å². The highest BCUT2D eigenvalue weighted by molar-refractivity contribution is 5.66. The average Bonchev–Trinajstić information content (AvgIpc) is 2.65. The topological polar surface area (TPSA) is 77.8 Å². The molecule has 6 unspecified atom stereocenters. The number of aliphatic carboxylic acids is 1. The Morgan fingerprint density at radius 1 is 1.22 bits per heavy atom. The third-order valence-electron chi connectivity index (χ3n) is 7.06. The Morgan fingerprint density at radius 3 is 2.63 bits per heavy atom. The van der Waals surface area contributed by atoms with Gasteiger partial charge < -0.3 is 15.3 Å². The summed E-state index contributed by atoms with van der Waals surface area (Å²) < 4.78 is 0. The van der Waals surface area contributed by atoms with Gasteiger partial charge in [-0.25, -0.2) is 0 Å². The van der Waals surface area contributed by atoms with Gasteiger partial charge in [0.1, 0.15) is 6.10 Å². The van der Waals surface area contributed by atoms with Gasteiger partial charge in [0.25, 0.3) is 0 Å². The number of aliphatic hydroxyl groups excluding tert-OH is 2. The predicted octanol–water partition coefficient (Wildman–Crippen LogP) is 3.77. The van der Waals surface area contributed by atoms with E-state index >= 15 is 0 Å². The number of rotatable bonds is 5. The maximum atomic E-state index is 10.8. The van der Waals surface area contributed by atoms with E-state index in [1.165, 1.54) is 24.8 Å². The van der Waals surface area contributed by atoms with E-state index in [1.807, 2.05) is 0 Å². The molecule has 27 heavy (non-hydrogen) atoms. The summed E-state index contributed by atoms with van der Waals surface area (Å²) in [5, 5.41) is 29.9. The van der Waals surface area contributed by atoms with Crippen molar-refractivity contribution in [2.45, 2.75) is 83.3 Å². The molecule has 3 aliphatic rings. The maximum absolute atomic E-state index is 10.8. The van der Waals surface area contributed by atoms with Crippen molar-refractivity contribution < 1.29 is 20.1 Å². The highest BCUT2D eigenvalue weighted by Crippen LogP contribution is 2.57. The van der Waals surface area contributed by atoms with Crippen LogP contribution in [0.1, 0.15) is 71.1 Å². The molecule has 3 aliphatic carbocycles. The standard InChI is InChI=1S/C23H34O4/c1-2-16-17(9-6-10-22(26)27)18-11-14-21(25)19(23(16)18)12-13-20(24)15-7-4-3-5-8-15/h9,15-16,18-21,23-25H,2-8,10-11,14H2,1H3,(H,26,27). The van der Waals surface area contributed by atoms with Gasteiger partial charge in [0.05, 0.1) is 12.0 Å². The first-order chi connectivity index (χ1) is 13.0. The fourth-order valence-corrected chi connectivity index (χ4v) is 5.64. The van der Waals surface area contributed by atoms with Crippen molar-refractivity contribution >= 4 is 5.97 Å². The van der Waals surface area contributed by atoms with E-state index in [2.05, 4.69) is 24.8 Å². The molecule has 0 aromatic rings. The van der Waals surface area contributed by atoms with Crippen molar-refractivity contribution in [1.29, 1.82) is 0 Å². The van der Waals surface area contributed by atoms with Gasteiger partial charge in [-0.2, -0.15) is 0 Å². The van der Waals surface area contributed by atoms with E-state index in [0.717, 1.165) is 32.1 Å². The van der Waals surface area contributed by atoms with Gasteiger partial charge in [0.2, 0.25) is 0 Å². The molecule has 0 bridgehead atoms. The highest BCUT2D eigenvalue weighted by Gasteiger charge is 2.52. The molecule has 0 radical (unpaired) electrons. The fraction of sp³-hybridized carbons (Fsp3) is 0.783. The smallest absolute Gasteiger partial charge is 0.303 e. The second-order valence-corrected chi connectivity index (χ2v) is 8.64. The summed E-state index contributed by atoms with van der Waals surface area (Å²) in [7, 11) is 0. The first kappa shape index (κ1) is 20.4. The van der Waals surface area contributed by atoms with Gasteiger partial charge in [0, 0.05) is 6.42 Å². The van der Waals surface area contributed by atoms with Gasteiger partial charge in [-0.05, 0) is 62.2 Å². The summed E-state index contributed by atoms with van der Waals surface area (Å²) in [6.45, 7) is 2.16. The first-order valence-corrected chi connectivity index (χ1v) is 10.8. The second kappa shape index (κ2) is 9.26. The molecule has 150 valence electrons. The number of fused-ring (bicyclic) bond motifs is 1. The van der Waals surface area contributed by atoms with E-state index in [0.29, 0.717) is 24.2 Å². The number of hydrogen-bond donors (Lipinski definition) is 3. The zero-order chi connectivity index (χ0) is 19.4. The summed E-state index contributed by atoms with van der Waals surface area (Å²) in [6.07, 6.45) is 10.4. The number of aliphatic hydroxyl groups is 2. The lowest BCUT2D eigenvalue weighted by atomic mass is 9.50. The van der Waals surface area contributed by atoms with Gasteiger partial charge in [0.15, 0.2) is 0 Å². The monoisotopic (exact) mass is 374 g/mol. The Kier molecular flexibility index (Phi) is 7.00. The minimum absolute atomic E-state index is 0.0661. The lowest BCUT2D eigenvalue weighted by Gasteiger charge is -2.54. The van der Waals surface area contributed by atoms with Crippen molar-refractivity contribution in [2.75, 3.05) is 0 Å². The average molecular weight is 375 g/mol. The zero-order valence-corrected chi connectivity index (χ0v) is 16.4. The maximum Gasteiger partial charge on any atom is 0.303 e. The zero-order valence-electron chi connectivity index (χ0n) is 16.4. The van der Waals surface area contributed by atoms with Crippen LogP contribution >= 0.6 is 0 Å². The quantitative estimate of drug-likeness (QED) is 0.506. The number of carbonyl (C=O) groups is 1. The van der Waals surface area contributed by atoms with Crippen LogP contribution in [0.3, 0.4) is 0 Å². The Labute approximate surface area is 163 Å². The summed E-state index contributed by atoms with van der Waals surface area (Å²) in [5.41, 5.74) is 1.38. The molecule has 0 aromatic carbocycles. The summed E-state index contributed by atoms with van der Waals surface area (Å²) in [4.78, 5) is 10.8. The molecule has 3 fully saturated rings. The predicted molar refractivity (Wildman–Crippen MR) is 105 cm³/mol. The third kappa shape index (κ3) is 4.58. The molecule has 3 rings (SSSR count). The van der Waals surface area contributed by atoms with E-state index in [1.54, 1.807) is 0 Å². The van der Waals surface area contributed by atoms with Crippen molar-refractivity contribution in [1.82, 2.24) is 0 Å². The van der Waals surface area contributed by atoms with Crippen LogP contribution in [-0.2, 0) is 4.79 Å². The number of hydrogen-bond acceptors (Lipinski definition) is 3. The van der Waals surface area contributed by atoms with Crippen LogP contribution in [0.25, 0.3) is 0 Å². The minimum Gasteiger partial charge on any atom is -0.481 e. The van der Waals surface area contributed by atoms with Crippen LogP contribution in [0, 0.1) is 41.4 Å². The van der Waals surface area contributed by atoms with Crippen LogP contribution in [0.4, 0.5) is 0 Å². The highest BCUT2D eigenvalue weighted by atomic mass is 16.4. The summed E-state index contributed by atoms with van der Waals surface area (Å²) in [5.74, 6) is 7.03. The molecular weight excluding hydrogens is 340 g/mol.